The first-order valence-corrected chi connectivity index (χ1v) is 4.15. The first-order chi connectivity index (χ1) is 6.63. The van der Waals surface area contributed by atoms with E-state index in [0.717, 1.165) is 0 Å². The van der Waals surface area contributed by atoms with E-state index < -0.39 is 5.97 Å². The zero-order chi connectivity index (χ0) is 10.6. The maximum absolute atomic E-state index is 11.3. The quantitative estimate of drug-likeness (QED) is 0.545. The van der Waals surface area contributed by atoms with E-state index in [1.165, 1.54) is 0 Å². The van der Waals surface area contributed by atoms with E-state index in [4.69, 9.17) is 9.47 Å². The molecule has 0 heterocycles. The molecule has 1 rings (SSSR count). The summed E-state index contributed by atoms with van der Waals surface area (Å²) in [5, 5.41) is 0. The molecule has 0 spiro atoms. The van der Waals surface area contributed by atoms with Crippen LogP contribution in [-0.2, 0) is 4.74 Å². The van der Waals surface area contributed by atoms with E-state index in [2.05, 4.69) is 6.58 Å². The van der Waals surface area contributed by atoms with E-state index in [0.29, 0.717) is 17.1 Å². The van der Waals surface area contributed by atoms with Crippen LogP contribution in [0.25, 0.3) is 0 Å². The molecule has 0 unspecified atom stereocenters. The van der Waals surface area contributed by atoms with Crippen LogP contribution in [0.4, 0.5) is 0 Å². The van der Waals surface area contributed by atoms with Crippen molar-refractivity contribution in [3.8, 4) is 5.75 Å². The number of methoxy groups -OCH3 is 1. The molecular weight excluding hydrogens is 180 g/mol. The molecule has 0 saturated carbocycles. The van der Waals surface area contributed by atoms with Gasteiger partial charge in [-0.3, -0.25) is 0 Å². The van der Waals surface area contributed by atoms with Crippen LogP contribution in [0.15, 0.2) is 36.6 Å². The minimum absolute atomic E-state index is 0.380. The van der Waals surface area contributed by atoms with Crippen molar-refractivity contribution in [1.82, 2.24) is 0 Å². The highest BCUT2D eigenvalue weighted by Crippen LogP contribution is 2.12. The van der Waals surface area contributed by atoms with Gasteiger partial charge in [0.1, 0.15) is 5.75 Å². The molecule has 3 nitrogen and oxygen atoms in total. The Balaban J connectivity index is 2.76. The van der Waals surface area contributed by atoms with Crippen LogP contribution in [0.2, 0.25) is 0 Å². The van der Waals surface area contributed by atoms with Gasteiger partial charge in [-0.2, -0.15) is 0 Å². The standard InChI is InChI=1S/C11H12O3/c1-8(2)14-11(12)9-4-6-10(13-3)7-5-9/h4-7H,1H2,2-3H3. The molecule has 74 valence electrons. The van der Waals surface area contributed by atoms with E-state index in [-0.39, 0.29) is 0 Å². The highest BCUT2D eigenvalue weighted by molar-refractivity contribution is 5.90. The van der Waals surface area contributed by atoms with Crippen LogP contribution in [0.5, 0.6) is 5.75 Å². The lowest BCUT2D eigenvalue weighted by Gasteiger charge is -2.03. The summed E-state index contributed by atoms with van der Waals surface area (Å²) >= 11 is 0. The number of carbonyl (C=O) groups is 1. The summed E-state index contributed by atoms with van der Waals surface area (Å²) in [5.74, 6) is 0.683. The molecule has 0 atom stereocenters. The van der Waals surface area contributed by atoms with Crippen LogP contribution < -0.4 is 4.74 Å². The smallest absolute Gasteiger partial charge is 0.343 e. The van der Waals surface area contributed by atoms with E-state index >= 15 is 0 Å². The van der Waals surface area contributed by atoms with Gasteiger partial charge in [-0.05, 0) is 31.2 Å². The fraction of sp³-hybridized carbons (Fsp3) is 0.182. The van der Waals surface area contributed by atoms with E-state index in [9.17, 15) is 4.79 Å². The largest absolute Gasteiger partial charge is 0.497 e. The fourth-order valence-corrected chi connectivity index (χ4v) is 0.944. The third-order valence-electron chi connectivity index (χ3n) is 1.59. The fourth-order valence-electron chi connectivity index (χ4n) is 0.944. The average Bonchev–Trinajstić information content (AvgIpc) is 2.17. The monoisotopic (exact) mass is 192 g/mol. The Morgan fingerprint density at radius 2 is 1.86 bits per heavy atom. The van der Waals surface area contributed by atoms with Gasteiger partial charge in [0.25, 0.3) is 0 Å². The van der Waals surface area contributed by atoms with Crippen molar-refractivity contribution in [2.45, 2.75) is 6.92 Å². The molecule has 1 aromatic rings. The molecule has 0 aliphatic heterocycles. The number of rotatable bonds is 3. The van der Waals surface area contributed by atoms with Crippen molar-refractivity contribution >= 4 is 5.97 Å². The number of esters is 1. The van der Waals surface area contributed by atoms with Crippen LogP contribution in [0, 0.1) is 0 Å². The first-order valence-electron chi connectivity index (χ1n) is 4.15. The highest BCUT2D eigenvalue weighted by Gasteiger charge is 2.06. The Morgan fingerprint density at radius 3 is 2.29 bits per heavy atom. The number of allylic oxidation sites excluding steroid dienone is 1. The van der Waals surface area contributed by atoms with Crippen molar-refractivity contribution in [2.75, 3.05) is 7.11 Å². The summed E-state index contributed by atoms with van der Waals surface area (Å²) in [6.45, 7) is 5.11. The van der Waals surface area contributed by atoms with Gasteiger partial charge in [0.15, 0.2) is 0 Å². The third kappa shape index (κ3) is 2.62. The summed E-state index contributed by atoms with van der Waals surface area (Å²) in [6.07, 6.45) is 0. The van der Waals surface area contributed by atoms with Gasteiger partial charge in [0.2, 0.25) is 0 Å². The zero-order valence-corrected chi connectivity index (χ0v) is 8.24. The number of carbonyl (C=O) groups excluding carboxylic acids is 1. The van der Waals surface area contributed by atoms with Gasteiger partial charge in [-0.1, -0.05) is 6.58 Å². The lowest BCUT2D eigenvalue weighted by atomic mass is 10.2. The van der Waals surface area contributed by atoms with Crippen molar-refractivity contribution < 1.29 is 14.3 Å². The Kier molecular flexibility index (Phi) is 3.29. The highest BCUT2D eigenvalue weighted by atomic mass is 16.5. The van der Waals surface area contributed by atoms with Gasteiger partial charge in [-0.15, -0.1) is 0 Å². The second-order valence-corrected chi connectivity index (χ2v) is 2.82. The van der Waals surface area contributed by atoms with Crippen LogP contribution >= 0.6 is 0 Å². The molecule has 14 heavy (non-hydrogen) atoms. The topological polar surface area (TPSA) is 35.5 Å². The summed E-state index contributed by atoms with van der Waals surface area (Å²) in [7, 11) is 1.57. The van der Waals surface area contributed by atoms with Crippen molar-refractivity contribution in [3.63, 3.8) is 0 Å². The number of hydrogen-bond acceptors (Lipinski definition) is 3. The third-order valence-corrected chi connectivity index (χ3v) is 1.59. The Morgan fingerprint density at radius 1 is 1.29 bits per heavy atom. The number of ether oxygens (including phenoxy) is 2. The molecule has 0 amide bonds. The normalized spacial score (nSPS) is 9.29. The summed E-state index contributed by atoms with van der Waals surface area (Å²) in [6, 6.07) is 6.69. The molecule has 0 fully saturated rings. The summed E-state index contributed by atoms with van der Waals surface area (Å²) in [5.41, 5.74) is 0.480. The van der Waals surface area contributed by atoms with Crippen LogP contribution in [0.1, 0.15) is 17.3 Å². The predicted octanol–water partition coefficient (Wildman–Crippen LogP) is 2.39. The second kappa shape index (κ2) is 4.46. The minimum atomic E-state index is -0.403. The van der Waals surface area contributed by atoms with E-state index in [1.54, 1.807) is 38.3 Å². The molecule has 0 bridgehead atoms. The van der Waals surface area contributed by atoms with Crippen molar-refractivity contribution in [3.05, 3.63) is 42.2 Å². The molecule has 0 aliphatic rings. The predicted molar refractivity (Wildman–Crippen MR) is 53.2 cm³/mol. The van der Waals surface area contributed by atoms with Crippen molar-refractivity contribution in [2.24, 2.45) is 0 Å². The zero-order valence-electron chi connectivity index (χ0n) is 8.24. The maximum Gasteiger partial charge on any atom is 0.343 e. The molecule has 0 saturated heterocycles. The van der Waals surface area contributed by atoms with Crippen molar-refractivity contribution in [1.29, 1.82) is 0 Å². The van der Waals surface area contributed by atoms with Crippen LogP contribution in [-0.4, -0.2) is 13.1 Å². The summed E-state index contributed by atoms with van der Waals surface area (Å²) < 4.78 is 9.80. The minimum Gasteiger partial charge on any atom is -0.497 e. The van der Waals surface area contributed by atoms with Gasteiger partial charge >= 0.3 is 5.97 Å². The lowest BCUT2D eigenvalue weighted by Crippen LogP contribution is -2.02. The van der Waals surface area contributed by atoms with Gasteiger partial charge in [-0.25, -0.2) is 4.79 Å². The molecule has 0 N–H and O–H groups in total. The molecule has 0 radical (unpaired) electrons. The second-order valence-electron chi connectivity index (χ2n) is 2.82. The van der Waals surface area contributed by atoms with Crippen LogP contribution in [0.3, 0.4) is 0 Å². The molecular formula is C11H12O3. The van der Waals surface area contributed by atoms with E-state index in [1.807, 2.05) is 0 Å². The molecule has 1 aromatic carbocycles. The summed E-state index contributed by atoms with van der Waals surface area (Å²) in [4.78, 5) is 11.3. The molecule has 3 heteroatoms. The first kappa shape index (κ1) is 10.3. The SMILES string of the molecule is C=C(C)OC(=O)c1ccc(OC)cc1. The molecule has 0 aliphatic carbocycles. The maximum atomic E-state index is 11.3. The number of benzene rings is 1. The van der Waals surface area contributed by atoms with Gasteiger partial charge < -0.3 is 9.47 Å². The van der Waals surface area contributed by atoms with Gasteiger partial charge in [0, 0.05) is 0 Å². The Bertz CT molecular complexity index is 338. The Labute approximate surface area is 83.0 Å². The lowest BCUT2D eigenvalue weighted by molar-refractivity contribution is 0.0628. The average molecular weight is 192 g/mol. The molecule has 0 aromatic heterocycles. The number of hydrogen-bond donors (Lipinski definition) is 0. The Hall–Kier alpha value is -1.77. The van der Waals surface area contributed by atoms with Gasteiger partial charge in [0.05, 0.1) is 18.4 Å².